The molecule has 0 radical (unpaired) electrons. The SMILES string of the molecule is CC(C)(C)c1ccc(CNCC(O)C(F)F)s1. The Balaban J connectivity index is 2.41. The van der Waals surface area contributed by atoms with Crippen LogP contribution in [-0.2, 0) is 12.0 Å². The number of hydrogen-bond donors (Lipinski definition) is 2. The van der Waals surface area contributed by atoms with Gasteiger partial charge < -0.3 is 10.4 Å². The molecule has 5 heteroatoms. The smallest absolute Gasteiger partial charge is 0.265 e. The molecule has 0 saturated carbocycles. The quantitative estimate of drug-likeness (QED) is 0.856. The molecule has 17 heavy (non-hydrogen) atoms. The molecule has 0 fully saturated rings. The first-order valence-electron chi connectivity index (χ1n) is 5.57. The van der Waals surface area contributed by atoms with Gasteiger partial charge in [0.25, 0.3) is 6.43 Å². The summed E-state index contributed by atoms with van der Waals surface area (Å²) < 4.78 is 24.1. The molecular weight excluding hydrogens is 244 g/mol. The Labute approximate surface area is 105 Å². The van der Waals surface area contributed by atoms with E-state index >= 15 is 0 Å². The second-order valence-electron chi connectivity index (χ2n) is 5.05. The summed E-state index contributed by atoms with van der Waals surface area (Å²) in [5, 5.41) is 11.8. The molecule has 0 amide bonds. The fourth-order valence-electron chi connectivity index (χ4n) is 1.31. The minimum atomic E-state index is -2.68. The first-order valence-corrected chi connectivity index (χ1v) is 6.38. The zero-order valence-corrected chi connectivity index (χ0v) is 11.2. The molecule has 2 nitrogen and oxygen atoms in total. The molecule has 0 aliphatic rings. The Morgan fingerprint density at radius 1 is 1.35 bits per heavy atom. The van der Waals surface area contributed by atoms with E-state index in [1.165, 1.54) is 4.88 Å². The predicted octanol–water partition coefficient (Wildman–Crippen LogP) is 2.76. The number of aliphatic hydroxyl groups is 1. The van der Waals surface area contributed by atoms with Crippen LogP contribution >= 0.6 is 11.3 Å². The largest absolute Gasteiger partial charge is 0.386 e. The van der Waals surface area contributed by atoms with Crippen molar-refractivity contribution in [1.29, 1.82) is 0 Å². The van der Waals surface area contributed by atoms with Gasteiger partial charge >= 0.3 is 0 Å². The van der Waals surface area contributed by atoms with Crippen LogP contribution in [0.1, 0.15) is 30.5 Å². The summed E-state index contributed by atoms with van der Waals surface area (Å²) >= 11 is 1.67. The van der Waals surface area contributed by atoms with Crippen LogP contribution in [-0.4, -0.2) is 24.2 Å². The Morgan fingerprint density at radius 2 is 2.00 bits per heavy atom. The third-order valence-corrected chi connectivity index (χ3v) is 3.86. The van der Waals surface area contributed by atoms with Crippen molar-refractivity contribution in [1.82, 2.24) is 5.32 Å². The molecule has 0 aromatic carbocycles. The molecule has 1 aromatic rings. The summed E-state index contributed by atoms with van der Waals surface area (Å²) in [6.45, 7) is 6.84. The maximum absolute atomic E-state index is 12.0. The molecule has 0 spiro atoms. The fraction of sp³-hybridized carbons (Fsp3) is 0.667. The third kappa shape index (κ3) is 4.69. The van der Waals surface area contributed by atoms with Crippen molar-refractivity contribution in [3.05, 3.63) is 21.9 Å². The summed E-state index contributed by atoms with van der Waals surface area (Å²) in [6, 6.07) is 4.05. The Morgan fingerprint density at radius 3 is 2.47 bits per heavy atom. The molecule has 1 atom stereocenters. The number of nitrogens with one attached hydrogen (secondary N) is 1. The minimum absolute atomic E-state index is 0.0829. The van der Waals surface area contributed by atoms with Gasteiger partial charge in [-0.3, -0.25) is 0 Å². The first-order chi connectivity index (χ1) is 7.80. The molecule has 1 heterocycles. The Kier molecular flexibility index (Phi) is 5.04. The molecule has 1 rings (SSSR count). The zero-order valence-electron chi connectivity index (χ0n) is 10.3. The summed E-state index contributed by atoms with van der Waals surface area (Å²) in [7, 11) is 0. The molecule has 98 valence electrons. The predicted molar refractivity (Wildman–Crippen MR) is 66.7 cm³/mol. The minimum Gasteiger partial charge on any atom is -0.386 e. The van der Waals surface area contributed by atoms with Crippen molar-refractivity contribution in [3.63, 3.8) is 0 Å². The van der Waals surface area contributed by atoms with Gasteiger partial charge in [0.2, 0.25) is 0 Å². The van der Waals surface area contributed by atoms with Crippen molar-refractivity contribution < 1.29 is 13.9 Å². The normalized spacial score (nSPS) is 14.3. The van der Waals surface area contributed by atoms with Crippen molar-refractivity contribution in [2.75, 3.05) is 6.54 Å². The highest BCUT2D eigenvalue weighted by Gasteiger charge is 2.17. The van der Waals surface area contributed by atoms with Crippen molar-refractivity contribution in [2.24, 2.45) is 0 Å². The van der Waals surface area contributed by atoms with Crippen LogP contribution in [0.2, 0.25) is 0 Å². The monoisotopic (exact) mass is 263 g/mol. The number of rotatable bonds is 5. The van der Waals surface area contributed by atoms with Gasteiger partial charge in [-0.2, -0.15) is 0 Å². The van der Waals surface area contributed by atoms with Crippen LogP contribution in [0, 0.1) is 0 Å². The standard InChI is InChI=1S/C12H19F2NOS/c1-12(2,3)10-5-4-8(17-10)6-15-7-9(16)11(13)14/h4-5,9,11,15-16H,6-7H2,1-3H3. The van der Waals surface area contributed by atoms with Gasteiger partial charge in [-0.1, -0.05) is 20.8 Å². The zero-order chi connectivity index (χ0) is 13.1. The van der Waals surface area contributed by atoms with E-state index in [1.807, 2.05) is 6.07 Å². The summed E-state index contributed by atoms with van der Waals surface area (Å²) in [5.41, 5.74) is 0.116. The van der Waals surface area contributed by atoms with E-state index in [-0.39, 0.29) is 12.0 Å². The van der Waals surface area contributed by atoms with Gasteiger partial charge in [-0.25, -0.2) is 8.78 Å². The summed E-state index contributed by atoms with van der Waals surface area (Å²) in [4.78, 5) is 2.36. The molecule has 0 aliphatic heterocycles. The van der Waals surface area contributed by atoms with Crippen LogP contribution in [0.5, 0.6) is 0 Å². The average Bonchev–Trinajstić information content (AvgIpc) is 2.65. The number of thiophene rings is 1. The van der Waals surface area contributed by atoms with E-state index in [1.54, 1.807) is 11.3 Å². The van der Waals surface area contributed by atoms with E-state index in [9.17, 15) is 8.78 Å². The van der Waals surface area contributed by atoms with Gasteiger partial charge in [0, 0.05) is 22.8 Å². The highest BCUT2D eigenvalue weighted by Crippen LogP contribution is 2.29. The lowest BCUT2D eigenvalue weighted by Crippen LogP contribution is -2.31. The number of halogens is 2. The lowest BCUT2D eigenvalue weighted by Gasteiger charge is -2.15. The number of hydrogen-bond acceptors (Lipinski definition) is 3. The average molecular weight is 263 g/mol. The highest BCUT2D eigenvalue weighted by atomic mass is 32.1. The van der Waals surface area contributed by atoms with Crippen molar-refractivity contribution in [3.8, 4) is 0 Å². The van der Waals surface area contributed by atoms with Crippen molar-refractivity contribution in [2.45, 2.75) is 45.3 Å². The summed E-state index contributed by atoms with van der Waals surface area (Å²) in [6.07, 6.45) is -4.27. The lowest BCUT2D eigenvalue weighted by atomic mass is 9.95. The van der Waals surface area contributed by atoms with Gasteiger partial charge in [-0.15, -0.1) is 11.3 Å². The highest BCUT2D eigenvalue weighted by molar-refractivity contribution is 7.12. The van der Waals surface area contributed by atoms with Crippen LogP contribution in [0.25, 0.3) is 0 Å². The second-order valence-corrected chi connectivity index (χ2v) is 6.22. The number of alkyl halides is 2. The topological polar surface area (TPSA) is 32.3 Å². The van der Waals surface area contributed by atoms with E-state index in [2.05, 4.69) is 32.2 Å². The van der Waals surface area contributed by atoms with Crippen LogP contribution in [0.3, 0.4) is 0 Å². The molecule has 2 N–H and O–H groups in total. The molecule has 0 aliphatic carbocycles. The Bertz CT molecular complexity index is 347. The number of aliphatic hydroxyl groups excluding tert-OH is 1. The van der Waals surface area contributed by atoms with Gasteiger partial charge in [0.05, 0.1) is 0 Å². The summed E-state index contributed by atoms with van der Waals surface area (Å²) in [5.74, 6) is 0. The van der Waals surface area contributed by atoms with Crippen LogP contribution in [0.15, 0.2) is 12.1 Å². The van der Waals surface area contributed by atoms with Crippen LogP contribution < -0.4 is 5.32 Å². The maximum Gasteiger partial charge on any atom is 0.265 e. The maximum atomic E-state index is 12.0. The molecule has 0 bridgehead atoms. The van der Waals surface area contributed by atoms with Gasteiger partial charge in [-0.05, 0) is 17.5 Å². The van der Waals surface area contributed by atoms with E-state index in [4.69, 9.17) is 5.11 Å². The van der Waals surface area contributed by atoms with E-state index < -0.39 is 12.5 Å². The van der Waals surface area contributed by atoms with E-state index in [0.717, 1.165) is 4.88 Å². The third-order valence-electron chi connectivity index (χ3n) is 2.34. The Hall–Kier alpha value is -0.520. The molecule has 1 aromatic heterocycles. The van der Waals surface area contributed by atoms with Crippen molar-refractivity contribution >= 4 is 11.3 Å². The first kappa shape index (κ1) is 14.5. The molecule has 1 unspecified atom stereocenters. The van der Waals surface area contributed by atoms with Gasteiger partial charge in [0.15, 0.2) is 0 Å². The second kappa shape index (κ2) is 5.89. The molecular formula is C12H19F2NOS. The van der Waals surface area contributed by atoms with Crippen LogP contribution in [0.4, 0.5) is 8.78 Å². The molecule has 0 saturated heterocycles. The van der Waals surface area contributed by atoms with Gasteiger partial charge in [0.1, 0.15) is 6.10 Å². The lowest BCUT2D eigenvalue weighted by molar-refractivity contribution is -0.00337. The fourth-order valence-corrected chi connectivity index (χ4v) is 2.34. The van der Waals surface area contributed by atoms with E-state index in [0.29, 0.717) is 6.54 Å².